The summed E-state index contributed by atoms with van der Waals surface area (Å²) in [5.41, 5.74) is 0. The molecule has 0 aromatic heterocycles. The summed E-state index contributed by atoms with van der Waals surface area (Å²) in [6.45, 7) is 1.00. The van der Waals surface area contributed by atoms with Crippen LogP contribution in [-0.4, -0.2) is 93.5 Å². The van der Waals surface area contributed by atoms with E-state index in [0.717, 1.165) is 13.3 Å². The topological polar surface area (TPSA) is 214 Å². The molecular formula is C17H28N4O9. The zero-order valence-electron chi connectivity index (χ0n) is 16.5. The number of aliphatic hydroxyl groups excluding tert-OH is 2. The summed E-state index contributed by atoms with van der Waals surface area (Å²) in [4.78, 5) is 59.0. The molecule has 3 amide bonds. The van der Waals surface area contributed by atoms with Crippen molar-refractivity contribution >= 4 is 29.7 Å². The van der Waals surface area contributed by atoms with Gasteiger partial charge in [-0.3, -0.25) is 19.2 Å². The molecule has 13 nitrogen and oxygen atoms in total. The van der Waals surface area contributed by atoms with Crippen LogP contribution in [0.25, 0.3) is 0 Å². The molecule has 5 unspecified atom stereocenters. The van der Waals surface area contributed by atoms with Crippen molar-refractivity contribution in [1.82, 2.24) is 21.3 Å². The van der Waals surface area contributed by atoms with Crippen LogP contribution in [0.4, 0.5) is 0 Å². The number of nitrogens with one attached hydrogen (secondary N) is 4. The second-order valence-electron chi connectivity index (χ2n) is 6.95. The van der Waals surface area contributed by atoms with Crippen molar-refractivity contribution < 1.29 is 44.4 Å². The lowest BCUT2D eigenvalue weighted by atomic mass is 10.1. The van der Waals surface area contributed by atoms with Gasteiger partial charge in [0, 0.05) is 6.42 Å². The first-order valence-corrected chi connectivity index (χ1v) is 9.44. The van der Waals surface area contributed by atoms with Crippen molar-refractivity contribution in [2.75, 3.05) is 13.2 Å². The van der Waals surface area contributed by atoms with Crippen LogP contribution in [0.2, 0.25) is 0 Å². The third-order valence-electron chi connectivity index (χ3n) is 4.52. The average Bonchev–Trinajstić information content (AvgIpc) is 3.20. The molecule has 0 bridgehead atoms. The zero-order valence-corrected chi connectivity index (χ0v) is 16.5. The number of carbonyl (C=O) groups is 5. The van der Waals surface area contributed by atoms with Gasteiger partial charge in [-0.25, -0.2) is 4.79 Å². The molecule has 0 aliphatic carbocycles. The Morgan fingerprint density at radius 1 is 1.03 bits per heavy atom. The van der Waals surface area contributed by atoms with Crippen LogP contribution in [0.1, 0.15) is 32.6 Å². The first-order valence-electron chi connectivity index (χ1n) is 9.44. The van der Waals surface area contributed by atoms with Gasteiger partial charge in [0.15, 0.2) is 6.04 Å². The van der Waals surface area contributed by atoms with E-state index in [1.54, 1.807) is 0 Å². The van der Waals surface area contributed by atoms with Gasteiger partial charge < -0.3 is 41.7 Å². The third kappa shape index (κ3) is 7.93. The molecule has 0 aromatic rings. The highest BCUT2D eigenvalue weighted by Crippen LogP contribution is 2.06. The summed E-state index contributed by atoms with van der Waals surface area (Å²) in [6.07, 6.45) is -1.02. The van der Waals surface area contributed by atoms with Gasteiger partial charge >= 0.3 is 11.9 Å². The van der Waals surface area contributed by atoms with E-state index in [-0.39, 0.29) is 6.42 Å². The first kappa shape index (κ1) is 25.3. The first-order chi connectivity index (χ1) is 14.1. The van der Waals surface area contributed by atoms with Crippen LogP contribution in [-0.2, 0) is 24.0 Å². The number of carbonyl (C=O) groups excluding carboxylic acids is 3. The van der Waals surface area contributed by atoms with Crippen molar-refractivity contribution in [3.8, 4) is 0 Å². The van der Waals surface area contributed by atoms with E-state index in [4.69, 9.17) is 10.2 Å². The molecule has 0 aromatic carbocycles. The molecule has 13 heteroatoms. The van der Waals surface area contributed by atoms with Crippen LogP contribution in [0.15, 0.2) is 0 Å². The Balaban J connectivity index is 2.83. The summed E-state index contributed by atoms with van der Waals surface area (Å²) < 4.78 is 0. The Labute approximate surface area is 172 Å². The molecule has 0 spiro atoms. The lowest BCUT2D eigenvalue weighted by Crippen LogP contribution is -2.59. The maximum Gasteiger partial charge on any atom is 0.328 e. The Kier molecular flexibility index (Phi) is 10.1. The van der Waals surface area contributed by atoms with Crippen LogP contribution in [0, 0.1) is 0 Å². The number of hydrogen-bond acceptors (Lipinski definition) is 8. The largest absolute Gasteiger partial charge is 0.481 e. The van der Waals surface area contributed by atoms with E-state index in [1.807, 2.05) is 5.32 Å². The molecule has 30 heavy (non-hydrogen) atoms. The van der Waals surface area contributed by atoms with E-state index in [1.165, 1.54) is 0 Å². The quantitative estimate of drug-likeness (QED) is 0.152. The molecule has 1 aliphatic rings. The van der Waals surface area contributed by atoms with Crippen molar-refractivity contribution in [3.05, 3.63) is 0 Å². The lowest BCUT2D eigenvalue weighted by Gasteiger charge is -2.24. The smallest absolute Gasteiger partial charge is 0.328 e. The fourth-order valence-corrected chi connectivity index (χ4v) is 2.83. The predicted octanol–water partition coefficient (Wildman–Crippen LogP) is -3.48. The maximum atomic E-state index is 12.4. The second-order valence-corrected chi connectivity index (χ2v) is 6.95. The molecule has 1 rings (SSSR count). The molecule has 5 atom stereocenters. The number of rotatable bonds is 12. The molecule has 1 heterocycles. The van der Waals surface area contributed by atoms with Crippen molar-refractivity contribution in [2.24, 2.45) is 0 Å². The SMILES string of the molecule is CC(O)C(NC(=O)C(CCC(=O)O)NC(=O)C(CO)NC(=O)C1CCCN1)C(=O)O. The van der Waals surface area contributed by atoms with Crippen LogP contribution in [0.5, 0.6) is 0 Å². The van der Waals surface area contributed by atoms with E-state index in [9.17, 15) is 34.2 Å². The summed E-state index contributed by atoms with van der Waals surface area (Å²) in [6, 6.07) is -5.05. The fourth-order valence-electron chi connectivity index (χ4n) is 2.83. The highest BCUT2D eigenvalue weighted by Gasteiger charge is 2.32. The molecule has 170 valence electrons. The molecular weight excluding hydrogens is 404 g/mol. The normalized spacial score (nSPS) is 19.8. The fraction of sp³-hybridized carbons (Fsp3) is 0.706. The highest BCUT2D eigenvalue weighted by molar-refractivity contribution is 5.94. The van der Waals surface area contributed by atoms with Gasteiger partial charge in [0.25, 0.3) is 0 Å². The minimum absolute atomic E-state index is 0.380. The number of hydrogen-bond donors (Lipinski definition) is 8. The van der Waals surface area contributed by atoms with Gasteiger partial charge in [-0.15, -0.1) is 0 Å². The van der Waals surface area contributed by atoms with Crippen molar-refractivity contribution in [2.45, 2.75) is 62.9 Å². The number of carboxylic acids is 2. The Bertz CT molecular complexity index is 649. The minimum Gasteiger partial charge on any atom is -0.481 e. The number of carboxylic acid groups (broad SMARTS) is 2. The average molecular weight is 432 g/mol. The van der Waals surface area contributed by atoms with Crippen molar-refractivity contribution in [3.63, 3.8) is 0 Å². The summed E-state index contributed by atoms with van der Waals surface area (Å²) in [7, 11) is 0. The molecule has 8 N–H and O–H groups in total. The van der Waals surface area contributed by atoms with Crippen LogP contribution in [0.3, 0.4) is 0 Å². The maximum absolute atomic E-state index is 12.4. The third-order valence-corrected chi connectivity index (χ3v) is 4.52. The van der Waals surface area contributed by atoms with Gasteiger partial charge in [0.05, 0.1) is 18.8 Å². The highest BCUT2D eigenvalue weighted by atomic mass is 16.4. The summed E-state index contributed by atoms with van der Waals surface area (Å²) in [5.74, 6) is -5.26. The Morgan fingerprint density at radius 2 is 1.67 bits per heavy atom. The number of amides is 3. The van der Waals surface area contributed by atoms with Crippen molar-refractivity contribution in [1.29, 1.82) is 0 Å². The second kappa shape index (κ2) is 12.0. The number of aliphatic hydroxyl groups is 2. The zero-order chi connectivity index (χ0) is 22.8. The molecule has 0 radical (unpaired) electrons. The monoisotopic (exact) mass is 432 g/mol. The van der Waals surface area contributed by atoms with Gasteiger partial charge in [-0.2, -0.15) is 0 Å². The predicted molar refractivity (Wildman–Crippen MR) is 100 cm³/mol. The summed E-state index contributed by atoms with van der Waals surface area (Å²) in [5, 5.41) is 46.4. The van der Waals surface area contributed by atoms with E-state index in [0.29, 0.717) is 13.0 Å². The van der Waals surface area contributed by atoms with Crippen LogP contribution >= 0.6 is 0 Å². The standard InChI is InChI=1S/C17H28N4O9/c1-8(23)13(17(29)30)21-15(27)10(4-5-12(24)25)19-16(28)11(7-22)20-14(26)9-3-2-6-18-9/h8-11,13,18,22-23H,2-7H2,1H3,(H,19,28)(H,20,26)(H,21,27)(H,24,25)(H,29,30). The lowest BCUT2D eigenvalue weighted by molar-refractivity contribution is -0.145. The molecule has 1 saturated heterocycles. The van der Waals surface area contributed by atoms with E-state index in [2.05, 4.69) is 16.0 Å². The van der Waals surface area contributed by atoms with Gasteiger partial charge in [-0.1, -0.05) is 0 Å². The summed E-state index contributed by atoms with van der Waals surface area (Å²) >= 11 is 0. The molecule has 0 saturated carbocycles. The van der Waals surface area contributed by atoms with E-state index < -0.39 is 73.0 Å². The number of aliphatic carboxylic acids is 2. The van der Waals surface area contributed by atoms with Gasteiger partial charge in [-0.05, 0) is 32.7 Å². The Hall–Kier alpha value is -2.77. The minimum atomic E-state index is -1.68. The van der Waals surface area contributed by atoms with Gasteiger partial charge in [0.2, 0.25) is 17.7 Å². The van der Waals surface area contributed by atoms with E-state index >= 15 is 0 Å². The van der Waals surface area contributed by atoms with Gasteiger partial charge in [0.1, 0.15) is 12.1 Å². The molecule has 1 fully saturated rings. The molecule has 1 aliphatic heterocycles. The van der Waals surface area contributed by atoms with Crippen LogP contribution < -0.4 is 21.3 Å². The Morgan fingerprint density at radius 3 is 2.13 bits per heavy atom.